The van der Waals surface area contributed by atoms with Crippen LogP contribution in [0.15, 0.2) is 48.5 Å². The van der Waals surface area contributed by atoms with E-state index in [4.69, 9.17) is 5.73 Å². The van der Waals surface area contributed by atoms with Gasteiger partial charge in [0, 0.05) is 19.8 Å². The predicted molar refractivity (Wildman–Crippen MR) is 98.9 cm³/mol. The third-order valence-electron chi connectivity index (χ3n) is 4.04. The average Bonchev–Trinajstić information content (AvgIpc) is 2.62. The van der Waals surface area contributed by atoms with Crippen LogP contribution in [-0.2, 0) is 27.2 Å². The minimum absolute atomic E-state index is 0.00216. The number of carbonyl (C=O) groups is 3. The van der Waals surface area contributed by atoms with Gasteiger partial charge in [-0.25, -0.2) is 8.78 Å². The van der Waals surface area contributed by atoms with Gasteiger partial charge < -0.3 is 16.4 Å². The van der Waals surface area contributed by atoms with Crippen molar-refractivity contribution in [2.75, 3.05) is 0 Å². The molecule has 148 valence electrons. The summed E-state index contributed by atoms with van der Waals surface area (Å²) in [6.45, 7) is 1.25. The van der Waals surface area contributed by atoms with Gasteiger partial charge in [-0.2, -0.15) is 0 Å². The molecular weight excluding hydrogens is 368 g/mol. The number of carbonyl (C=O) groups excluding carboxylic acids is 3. The second-order valence-electron chi connectivity index (χ2n) is 6.38. The zero-order chi connectivity index (χ0) is 20.7. The van der Waals surface area contributed by atoms with Crippen LogP contribution in [0.2, 0.25) is 0 Å². The van der Waals surface area contributed by atoms with Gasteiger partial charge >= 0.3 is 0 Å². The molecule has 0 aliphatic heterocycles. The van der Waals surface area contributed by atoms with Crippen LogP contribution in [0.25, 0.3) is 0 Å². The largest absolute Gasteiger partial charge is 0.368 e. The minimum Gasteiger partial charge on any atom is -0.368 e. The summed E-state index contributed by atoms with van der Waals surface area (Å²) in [7, 11) is 0. The Balaban J connectivity index is 2.12. The minimum atomic E-state index is -1.08. The van der Waals surface area contributed by atoms with E-state index in [0.717, 1.165) is 0 Å². The first-order valence-electron chi connectivity index (χ1n) is 8.60. The van der Waals surface area contributed by atoms with Crippen LogP contribution in [0.5, 0.6) is 0 Å². The van der Waals surface area contributed by atoms with Crippen LogP contribution in [0.4, 0.5) is 8.78 Å². The smallest absolute Gasteiger partial charge is 0.243 e. The fourth-order valence-electron chi connectivity index (χ4n) is 2.71. The maximum Gasteiger partial charge on any atom is 0.243 e. The Labute approximate surface area is 161 Å². The molecule has 0 fully saturated rings. The van der Waals surface area contributed by atoms with Crippen molar-refractivity contribution in [3.8, 4) is 0 Å². The molecule has 28 heavy (non-hydrogen) atoms. The Morgan fingerprint density at radius 3 is 2.11 bits per heavy atom. The maximum absolute atomic E-state index is 13.3. The Morgan fingerprint density at radius 2 is 1.54 bits per heavy atom. The molecule has 0 saturated heterocycles. The Kier molecular flexibility index (Phi) is 7.20. The normalized spacial score (nSPS) is 12.7. The monoisotopic (exact) mass is 389 g/mol. The molecule has 6 nitrogen and oxygen atoms in total. The van der Waals surface area contributed by atoms with Gasteiger partial charge in [0.1, 0.15) is 23.7 Å². The molecule has 0 radical (unpaired) electrons. The van der Waals surface area contributed by atoms with Crippen LogP contribution in [-0.4, -0.2) is 29.8 Å². The van der Waals surface area contributed by atoms with Crippen molar-refractivity contribution in [3.63, 3.8) is 0 Å². The summed E-state index contributed by atoms with van der Waals surface area (Å²) in [6.07, 6.45) is 0.0965. The van der Waals surface area contributed by atoms with E-state index in [1.54, 1.807) is 6.07 Å². The van der Waals surface area contributed by atoms with E-state index in [2.05, 4.69) is 10.6 Å². The number of hydrogen-bond donors (Lipinski definition) is 3. The van der Waals surface area contributed by atoms with Crippen LogP contribution in [0.3, 0.4) is 0 Å². The molecule has 8 heteroatoms. The van der Waals surface area contributed by atoms with Gasteiger partial charge in [-0.1, -0.05) is 24.3 Å². The number of rotatable bonds is 8. The van der Waals surface area contributed by atoms with Gasteiger partial charge in [0.15, 0.2) is 0 Å². The molecule has 0 aliphatic rings. The summed E-state index contributed by atoms with van der Waals surface area (Å²) < 4.78 is 26.4. The molecule has 0 saturated carbocycles. The topological polar surface area (TPSA) is 101 Å². The Bertz CT molecular complexity index is 856. The fourth-order valence-corrected chi connectivity index (χ4v) is 2.71. The Morgan fingerprint density at radius 1 is 0.893 bits per heavy atom. The highest BCUT2D eigenvalue weighted by Gasteiger charge is 2.25. The number of halogens is 2. The van der Waals surface area contributed by atoms with Gasteiger partial charge in [0.2, 0.25) is 17.7 Å². The second kappa shape index (κ2) is 9.59. The molecule has 0 spiro atoms. The van der Waals surface area contributed by atoms with Gasteiger partial charge in [-0.3, -0.25) is 14.4 Å². The molecular formula is C20H21F2N3O3. The van der Waals surface area contributed by atoms with E-state index in [0.29, 0.717) is 11.1 Å². The van der Waals surface area contributed by atoms with E-state index in [1.807, 2.05) is 0 Å². The van der Waals surface area contributed by atoms with Crippen molar-refractivity contribution in [1.29, 1.82) is 0 Å². The van der Waals surface area contributed by atoms with Crippen molar-refractivity contribution >= 4 is 17.7 Å². The number of hydrogen-bond acceptors (Lipinski definition) is 3. The van der Waals surface area contributed by atoms with Crippen LogP contribution < -0.4 is 16.4 Å². The van der Waals surface area contributed by atoms with Gasteiger partial charge in [0.05, 0.1) is 0 Å². The molecule has 2 aromatic rings. The first-order valence-corrected chi connectivity index (χ1v) is 8.60. The van der Waals surface area contributed by atoms with E-state index in [9.17, 15) is 23.2 Å². The molecule has 0 aromatic heterocycles. The average molecular weight is 389 g/mol. The van der Waals surface area contributed by atoms with Crippen molar-refractivity contribution in [2.24, 2.45) is 5.73 Å². The van der Waals surface area contributed by atoms with Gasteiger partial charge in [0.25, 0.3) is 0 Å². The lowest BCUT2D eigenvalue weighted by Gasteiger charge is -2.22. The van der Waals surface area contributed by atoms with Gasteiger partial charge in [-0.15, -0.1) is 0 Å². The second-order valence-corrected chi connectivity index (χ2v) is 6.38. The van der Waals surface area contributed by atoms with Crippen molar-refractivity contribution < 1.29 is 23.2 Å². The number of benzene rings is 2. The summed E-state index contributed by atoms with van der Waals surface area (Å²) in [5, 5.41) is 5.00. The van der Waals surface area contributed by atoms with Crippen molar-refractivity contribution in [1.82, 2.24) is 10.6 Å². The summed E-state index contributed by atoms with van der Waals surface area (Å²) in [5.74, 6) is -2.75. The first kappa shape index (κ1) is 21.0. The van der Waals surface area contributed by atoms with E-state index >= 15 is 0 Å². The highest BCUT2D eigenvalue weighted by molar-refractivity contribution is 5.91. The zero-order valence-electron chi connectivity index (χ0n) is 15.2. The lowest BCUT2D eigenvalue weighted by Crippen LogP contribution is -2.54. The van der Waals surface area contributed by atoms with Crippen LogP contribution in [0, 0.1) is 11.6 Å². The third-order valence-corrected chi connectivity index (χ3v) is 4.04. The molecule has 3 amide bonds. The van der Waals surface area contributed by atoms with E-state index in [1.165, 1.54) is 49.4 Å². The molecule has 4 N–H and O–H groups in total. The number of nitrogens with two attached hydrogens (primary N) is 1. The zero-order valence-corrected chi connectivity index (χ0v) is 15.2. The summed E-state index contributed by atoms with van der Waals surface area (Å²) in [4.78, 5) is 35.9. The van der Waals surface area contributed by atoms with Crippen LogP contribution in [0.1, 0.15) is 18.1 Å². The number of amides is 3. The fraction of sp³-hybridized carbons (Fsp3) is 0.250. The SMILES string of the molecule is CC(=O)N[C@H](Cc1ccc(F)cc1)C(=O)N[C@@H](Cc1cccc(F)c1)C(N)=O. The molecule has 0 aliphatic carbocycles. The van der Waals surface area contributed by atoms with Crippen molar-refractivity contribution in [2.45, 2.75) is 31.8 Å². The first-order chi connectivity index (χ1) is 13.2. The highest BCUT2D eigenvalue weighted by Crippen LogP contribution is 2.09. The molecule has 0 unspecified atom stereocenters. The summed E-state index contributed by atoms with van der Waals surface area (Å²) in [5.41, 5.74) is 6.47. The van der Waals surface area contributed by atoms with Crippen molar-refractivity contribution in [3.05, 3.63) is 71.3 Å². The van der Waals surface area contributed by atoms with E-state index in [-0.39, 0.29) is 12.8 Å². The lowest BCUT2D eigenvalue weighted by atomic mass is 10.0. The third kappa shape index (κ3) is 6.46. The van der Waals surface area contributed by atoms with Gasteiger partial charge in [-0.05, 0) is 35.4 Å². The van der Waals surface area contributed by atoms with Crippen LogP contribution >= 0.6 is 0 Å². The molecule has 0 heterocycles. The molecule has 0 bridgehead atoms. The standard InChI is InChI=1S/C20H21F2N3O3/c1-12(26)24-18(10-13-5-7-15(21)8-6-13)20(28)25-17(19(23)27)11-14-3-2-4-16(22)9-14/h2-9,17-18H,10-11H2,1H3,(H2,23,27)(H,24,26)(H,25,28)/t17-,18+/m0/s1. The maximum atomic E-state index is 13.3. The van der Waals surface area contributed by atoms with E-state index < -0.39 is 41.4 Å². The molecule has 2 atom stereocenters. The summed E-state index contributed by atoms with van der Waals surface area (Å²) >= 11 is 0. The lowest BCUT2D eigenvalue weighted by molar-refractivity contribution is -0.130. The Hall–Kier alpha value is -3.29. The molecule has 2 rings (SSSR count). The number of nitrogens with one attached hydrogen (secondary N) is 2. The highest BCUT2D eigenvalue weighted by atomic mass is 19.1. The molecule has 2 aromatic carbocycles. The number of primary amides is 1. The predicted octanol–water partition coefficient (Wildman–Crippen LogP) is 1.22. The quantitative estimate of drug-likeness (QED) is 0.633. The summed E-state index contributed by atoms with van der Waals surface area (Å²) in [6, 6.07) is 9.00.